The predicted octanol–water partition coefficient (Wildman–Crippen LogP) is 3.51. The number of aliphatic carboxylic acids is 1. The van der Waals surface area contributed by atoms with E-state index in [0.717, 1.165) is 0 Å². The van der Waals surface area contributed by atoms with Crippen molar-refractivity contribution in [1.82, 2.24) is 0 Å². The van der Waals surface area contributed by atoms with Gasteiger partial charge in [-0.2, -0.15) is 0 Å². The van der Waals surface area contributed by atoms with Crippen LogP contribution >= 0.6 is 11.8 Å². The van der Waals surface area contributed by atoms with Gasteiger partial charge < -0.3 is 5.11 Å². The standard InChI is InChI=1S/C13H16O2S/c1-3-11(13(14)15)7-8-16-12-6-4-5-10(2)9-12/h4-7,9H,3,8H2,1-2H3,(H,14,15). The Morgan fingerprint density at radius 1 is 1.50 bits per heavy atom. The van der Waals surface area contributed by atoms with Gasteiger partial charge in [0.25, 0.3) is 0 Å². The van der Waals surface area contributed by atoms with Gasteiger partial charge in [0.05, 0.1) is 0 Å². The summed E-state index contributed by atoms with van der Waals surface area (Å²) in [5, 5.41) is 8.84. The Kier molecular flexibility index (Phi) is 5.12. The van der Waals surface area contributed by atoms with Gasteiger partial charge in [-0.05, 0) is 25.5 Å². The summed E-state index contributed by atoms with van der Waals surface area (Å²) in [5.41, 5.74) is 1.71. The topological polar surface area (TPSA) is 37.3 Å². The van der Waals surface area contributed by atoms with Crippen LogP contribution in [0.25, 0.3) is 0 Å². The Morgan fingerprint density at radius 2 is 2.25 bits per heavy atom. The fourth-order valence-electron chi connectivity index (χ4n) is 1.33. The van der Waals surface area contributed by atoms with E-state index in [0.29, 0.717) is 17.7 Å². The molecule has 0 saturated heterocycles. The number of hydrogen-bond acceptors (Lipinski definition) is 2. The molecule has 1 aromatic carbocycles. The van der Waals surface area contributed by atoms with E-state index >= 15 is 0 Å². The number of carboxylic acid groups (broad SMARTS) is 1. The number of hydrogen-bond donors (Lipinski definition) is 1. The van der Waals surface area contributed by atoms with Crippen LogP contribution in [0.15, 0.2) is 40.8 Å². The van der Waals surface area contributed by atoms with Gasteiger partial charge in [-0.1, -0.05) is 30.7 Å². The molecule has 0 spiro atoms. The second kappa shape index (κ2) is 6.38. The average molecular weight is 236 g/mol. The summed E-state index contributed by atoms with van der Waals surface area (Å²) < 4.78 is 0. The van der Waals surface area contributed by atoms with Crippen molar-refractivity contribution in [2.75, 3.05) is 5.75 Å². The normalized spacial score (nSPS) is 11.5. The summed E-state index contributed by atoms with van der Waals surface area (Å²) in [4.78, 5) is 11.9. The molecule has 1 rings (SSSR count). The number of aryl methyl sites for hydroxylation is 1. The Hall–Kier alpha value is -1.22. The Bertz CT molecular complexity index is 397. The quantitative estimate of drug-likeness (QED) is 0.628. The van der Waals surface area contributed by atoms with E-state index in [1.807, 2.05) is 19.1 Å². The van der Waals surface area contributed by atoms with Crippen molar-refractivity contribution in [1.29, 1.82) is 0 Å². The minimum Gasteiger partial charge on any atom is -0.478 e. The van der Waals surface area contributed by atoms with Crippen molar-refractivity contribution in [3.63, 3.8) is 0 Å². The molecule has 0 radical (unpaired) electrons. The highest BCUT2D eigenvalue weighted by Gasteiger charge is 2.02. The van der Waals surface area contributed by atoms with E-state index in [1.165, 1.54) is 10.5 Å². The van der Waals surface area contributed by atoms with E-state index in [9.17, 15) is 4.79 Å². The molecule has 86 valence electrons. The fourth-order valence-corrected chi connectivity index (χ4v) is 2.25. The molecule has 1 N–H and O–H groups in total. The highest BCUT2D eigenvalue weighted by molar-refractivity contribution is 7.99. The van der Waals surface area contributed by atoms with Crippen LogP contribution in [0.2, 0.25) is 0 Å². The molecule has 0 fully saturated rings. The van der Waals surface area contributed by atoms with Crippen molar-refractivity contribution in [2.24, 2.45) is 0 Å². The fraction of sp³-hybridized carbons (Fsp3) is 0.308. The van der Waals surface area contributed by atoms with Gasteiger partial charge in [0.2, 0.25) is 0 Å². The predicted molar refractivity (Wildman–Crippen MR) is 67.9 cm³/mol. The molecule has 0 aliphatic carbocycles. The monoisotopic (exact) mass is 236 g/mol. The molecule has 0 bridgehead atoms. The minimum absolute atomic E-state index is 0.486. The molecule has 2 nitrogen and oxygen atoms in total. The molecule has 0 atom stereocenters. The Morgan fingerprint density at radius 3 is 2.81 bits per heavy atom. The molecule has 0 aromatic heterocycles. The van der Waals surface area contributed by atoms with Gasteiger partial charge in [0.15, 0.2) is 0 Å². The third-order valence-electron chi connectivity index (χ3n) is 2.22. The summed E-state index contributed by atoms with van der Waals surface area (Å²) in [6, 6.07) is 8.21. The zero-order valence-electron chi connectivity index (χ0n) is 9.56. The maximum absolute atomic E-state index is 10.7. The first-order valence-corrected chi connectivity index (χ1v) is 6.24. The van der Waals surface area contributed by atoms with Gasteiger partial charge >= 0.3 is 5.97 Å². The highest BCUT2D eigenvalue weighted by Crippen LogP contribution is 2.19. The molecule has 0 saturated carbocycles. The lowest BCUT2D eigenvalue weighted by molar-refractivity contribution is -0.132. The lowest BCUT2D eigenvalue weighted by Crippen LogP contribution is -1.99. The van der Waals surface area contributed by atoms with Crippen molar-refractivity contribution < 1.29 is 9.90 Å². The first-order chi connectivity index (χ1) is 7.63. The van der Waals surface area contributed by atoms with Crippen molar-refractivity contribution in [3.05, 3.63) is 41.5 Å². The van der Waals surface area contributed by atoms with Crippen LogP contribution in [-0.4, -0.2) is 16.8 Å². The molecule has 1 aromatic rings. The maximum atomic E-state index is 10.7. The van der Waals surface area contributed by atoms with Crippen molar-refractivity contribution in [3.8, 4) is 0 Å². The lowest BCUT2D eigenvalue weighted by atomic mass is 10.2. The van der Waals surface area contributed by atoms with Crippen LogP contribution in [0.3, 0.4) is 0 Å². The average Bonchev–Trinajstić information content (AvgIpc) is 2.24. The van der Waals surface area contributed by atoms with E-state index in [-0.39, 0.29) is 0 Å². The SMILES string of the molecule is CCC(=CCSc1cccc(C)c1)C(=O)O. The van der Waals surface area contributed by atoms with Crippen molar-refractivity contribution in [2.45, 2.75) is 25.2 Å². The van der Waals surface area contributed by atoms with Gasteiger partial charge in [-0.25, -0.2) is 4.79 Å². The summed E-state index contributed by atoms with van der Waals surface area (Å²) in [6.45, 7) is 3.91. The summed E-state index contributed by atoms with van der Waals surface area (Å²) in [5.74, 6) is -0.105. The van der Waals surface area contributed by atoms with E-state index in [2.05, 4.69) is 19.1 Å². The van der Waals surface area contributed by atoms with Crippen molar-refractivity contribution >= 4 is 17.7 Å². The molecule has 0 unspecified atom stereocenters. The zero-order valence-corrected chi connectivity index (χ0v) is 10.4. The van der Waals surface area contributed by atoms with E-state index < -0.39 is 5.97 Å². The summed E-state index contributed by atoms with van der Waals surface area (Å²) in [6.07, 6.45) is 2.36. The van der Waals surface area contributed by atoms with Crippen LogP contribution < -0.4 is 0 Å². The zero-order chi connectivity index (χ0) is 12.0. The van der Waals surface area contributed by atoms with Crippen LogP contribution in [-0.2, 0) is 4.79 Å². The molecule has 0 aliphatic rings. The molecule has 0 amide bonds. The number of carbonyl (C=O) groups is 1. The summed E-state index contributed by atoms with van der Waals surface area (Å²) >= 11 is 1.66. The van der Waals surface area contributed by atoms with Gasteiger partial charge in [-0.3, -0.25) is 0 Å². The van der Waals surface area contributed by atoms with Gasteiger partial charge in [-0.15, -0.1) is 11.8 Å². The van der Waals surface area contributed by atoms with Gasteiger partial charge in [0.1, 0.15) is 0 Å². The lowest BCUT2D eigenvalue weighted by Gasteiger charge is -2.01. The second-order valence-electron chi connectivity index (χ2n) is 3.52. The highest BCUT2D eigenvalue weighted by atomic mass is 32.2. The molecular weight excluding hydrogens is 220 g/mol. The third-order valence-corrected chi connectivity index (χ3v) is 3.15. The Labute approximate surface area is 100 Å². The largest absolute Gasteiger partial charge is 0.478 e. The number of rotatable bonds is 5. The number of benzene rings is 1. The number of carboxylic acids is 1. The molecule has 16 heavy (non-hydrogen) atoms. The van der Waals surface area contributed by atoms with E-state index in [1.54, 1.807) is 17.8 Å². The summed E-state index contributed by atoms with van der Waals surface area (Å²) in [7, 11) is 0. The van der Waals surface area contributed by atoms with Crippen LogP contribution in [0.5, 0.6) is 0 Å². The molecular formula is C13H16O2S. The second-order valence-corrected chi connectivity index (χ2v) is 4.61. The van der Waals surface area contributed by atoms with E-state index in [4.69, 9.17) is 5.11 Å². The van der Waals surface area contributed by atoms with Crippen LogP contribution in [0, 0.1) is 6.92 Å². The van der Waals surface area contributed by atoms with Gasteiger partial charge in [0, 0.05) is 16.2 Å². The minimum atomic E-state index is -0.813. The molecule has 3 heteroatoms. The van der Waals surface area contributed by atoms with Crippen LogP contribution in [0.4, 0.5) is 0 Å². The van der Waals surface area contributed by atoms with Crippen LogP contribution in [0.1, 0.15) is 18.9 Å². The maximum Gasteiger partial charge on any atom is 0.331 e. The number of thioether (sulfide) groups is 1. The first kappa shape index (κ1) is 12.8. The Balaban J connectivity index is 2.55. The molecule has 0 heterocycles. The smallest absolute Gasteiger partial charge is 0.331 e. The third kappa shape index (κ3) is 4.11. The molecule has 0 aliphatic heterocycles. The first-order valence-electron chi connectivity index (χ1n) is 5.25.